The van der Waals surface area contributed by atoms with Crippen molar-refractivity contribution in [3.63, 3.8) is 0 Å². The Morgan fingerprint density at radius 2 is 0.721 bits per heavy atom. The van der Waals surface area contributed by atoms with Crippen LogP contribution in [0.1, 0.15) is 0 Å². The van der Waals surface area contributed by atoms with Gasteiger partial charge < -0.3 is 0 Å². The molecule has 0 aliphatic carbocycles. The molecule has 61 heavy (non-hydrogen) atoms. The number of nitrogens with zero attached hydrogens (tertiary/aromatic N) is 6. The first-order valence-corrected chi connectivity index (χ1v) is 21.1. The Hall–Kier alpha value is -8.00. The molecule has 0 saturated carbocycles. The molecule has 0 radical (unpaired) electrons. The van der Waals surface area contributed by atoms with Crippen LogP contribution in [0.25, 0.3) is 54.1 Å². The first kappa shape index (κ1) is 36.1. The molecular weight excluding hydrogens is 765 g/mol. The van der Waals surface area contributed by atoms with Crippen molar-refractivity contribution in [1.82, 2.24) is 19.1 Å². The van der Waals surface area contributed by atoms with Crippen molar-refractivity contribution in [2.75, 3.05) is 9.80 Å². The summed E-state index contributed by atoms with van der Waals surface area (Å²) in [7, 11) is 0. The molecule has 11 rings (SSSR count). The third-order valence-electron chi connectivity index (χ3n) is 11.1. The summed E-state index contributed by atoms with van der Waals surface area (Å²) in [5, 5.41) is 2.45. The van der Waals surface area contributed by atoms with Gasteiger partial charge >= 0.3 is 0 Å². The van der Waals surface area contributed by atoms with Crippen LogP contribution in [0.3, 0.4) is 0 Å². The SMILES string of the molecule is c1ccc(-c2ccc(N(c3ccncc3)c3ccc4c(c3)sc3cc(N(c5ccncc5)c5ccc(-c6ccccc6)n5-c5ccccc5)ccc34)n2-c2ccccc2)cc1. The maximum absolute atomic E-state index is 4.39. The van der Waals surface area contributed by atoms with Gasteiger partial charge in [-0.05, 0) is 108 Å². The third-order valence-corrected chi connectivity index (χ3v) is 12.3. The molecule has 0 amide bonds. The normalized spacial score (nSPS) is 11.3. The molecule has 0 aliphatic heterocycles. The maximum atomic E-state index is 4.39. The lowest BCUT2D eigenvalue weighted by atomic mass is 10.1. The Balaban J connectivity index is 1.06. The van der Waals surface area contributed by atoms with Crippen molar-refractivity contribution in [3.8, 4) is 33.9 Å². The van der Waals surface area contributed by atoms with Gasteiger partial charge in [-0.3, -0.25) is 28.9 Å². The first-order chi connectivity index (χ1) is 30.3. The minimum atomic E-state index is 1.02. The summed E-state index contributed by atoms with van der Waals surface area (Å²) >= 11 is 1.82. The van der Waals surface area contributed by atoms with Crippen LogP contribution in [0.5, 0.6) is 0 Å². The van der Waals surface area contributed by atoms with E-state index in [1.807, 2.05) is 36.1 Å². The van der Waals surface area contributed by atoms with Crippen LogP contribution in [0.2, 0.25) is 0 Å². The highest BCUT2D eigenvalue weighted by Gasteiger charge is 2.24. The smallest absolute Gasteiger partial charge is 0.122 e. The molecule has 290 valence electrons. The molecule has 6 aromatic carbocycles. The molecule has 0 spiro atoms. The molecule has 0 aliphatic rings. The third kappa shape index (κ3) is 6.63. The monoisotopic (exact) mass is 802 g/mol. The summed E-state index contributed by atoms with van der Waals surface area (Å²) in [4.78, 5) is 13.5. The molecule has 6 nitrogen and oxygen atoms in total. The molecule has 0 saturated heterocycles. The average Bonchev–Trinajstić information content (AvgIpc) is 4.07. The standard InChI is InChI=1S/C54H38N6S/c1-5-13-39(14-6-1)49-25-27-53(59(49)41-17-9-3-10-18-41)57(43-29-33-55-34-30-43)45-21-23-47-48-24-22-46(38-52(48)61-51(47)37-45)58(44-31-35-56-36-32-44)54-28-26-50(40-15-7-2-8-16-40)60(54)42-19-11-4-12-20-42/h1-38H. The lowest BCUT2D eigenvalue weighted by Gasteiger charge is -2.27. The predicted molar refractivity (Wildman–Crippen MR) is 254 cm³/mol. The zero-order valence-electron chi connectivity index (χ0n) is 33.0. The minimum Gasteiger partial charge on any atom is -0.296 e. The maximum Gasteiger partial charge on any atom is 0.122 e. The molecule has 0 fully saturated rings. The van der Waals surface area contributed by atoms with Crippen LogP contribution in [-0.4, -0.2) is 19.1 Å². The minimum absolute atomic E-state index is 1.02. The van der Waals surface area contributed by atoms with Crippen molar-refractivity contribution >= 4 is 65.9 Å². The Bertz CT molecular complexity index is 3020. The zero-order chi connectivity index (χ0) is 40.5. The molecule has 11 aromatic rings. The van der Waals surface area contributed by atoms with Gasteiger partial charge in [0.25, 0.3) is 0 Å². The fourth-order valence-corrected chi connectivity index (χ4v) is 9.58. The van der Waals surface area contributed by atoms with E-state index in [1.54, 1.807) is 0 Å². The van der Waals surface area contributed by atoms with Gasteiger partial charge in [0.15, 0.2) is 0 Å². The molecule has 0 unspecified atom stereocenters. The Morgan fingerprint density at radius 1 is 0.344 bits per heavy atom. The van der Waals surface area contributed by atoms with Gasteiger partial charge in [0.2, 0.25) is 0 Å². The summed E-state index contributed by atoms with van der Waals surface area (Å²) in [5.41, 5.74) is 10.9. The fourth-order valence-electron chi connectivity index (χ4n) is 8.41. The number of aromatic nitrogens is 4. The van der Waals surface area contributed by atoms with Gasteiger partial charge in [0.1, 0.15) is 11.6 Å². The van der Waals surface area contributed by atoms with E-state index in [2.05, 4.69) is 235 Å². The molecule has 5 aromatic heterocycles. The van der Waals surface area contributed by atoms with E-state index in [4.69, 9.17) is 0 Å². The van der Waals surface area contributed by atoms with E-state index < -0.39 is 0 Å². The zero-order valence-corrected chi connectivity index (χ0v) is 33.8. The van der Waals surface area contributed by atoms with Crippen LogP contribution < -0.4 is 9.80 Å². The number of hydrogen-bond donors (Lipinski definition) is 0. The summed E-state index contributed by atoms with van der Waals surface area (Å²) in [6, 6.07) is 73.3. The highest BCUT2D eigenvalue weighted by atomic mass is 32.1. The van der Waals surface area contributed by atoms with Gasteiger partial charge in [0, 0.05) is 67.7 Å². The van der Waals surface area contributed by atoms with E-state index in [0.717, 1.165) is 68.3 Å². The largest absolute Gasteiger partial charge is 0.296 e. The topological polar surface area (TPSA) is 42.1 Å². The second-order valence-corrected chi connectivity index (χ2v) is 15.9. The average molecular weight is 803 g/mol. The van der Waals surface area contributed by atoms with Crippen molar-refractivity contribution in [2.24, 2.45) is 0 Å². The van der Waals surface area contributed by atoms with Gasteiger partial charge in [-0.1, -0.05) is 109 Å². The second-order valence-electron chi connectivity index (χ2n) is 14.8. The van der Waals surface area contributed by atoms with E-state index in [-0.39, 0.29) is 0 Å². The van der Waals surface area contributed by atoms with Gasteiger partial charge in [-0.2, -0.15) is 0 Å². The number of rotatable bonds is 10. The van der Waals surface area contributed by atoms with E-state index >= 15 is 0 Å². The lowest BCUT2D eigenvalue weighted by molar-refractivity contribution is 1.04. The van der Waals surface area contributed by atoms with Crippen LogP contribution in [0, 0.1) is 0 Å². The Morgan fingerprint density at radius 3 is 1.11 bits per heavy atom. The molecule has 5 heterocycles. The summed E-state index contributed by atoms with van der Waals surface area (Å²) in [6.45, 7) is 0. The van der Waals surface area contributed by atoms with Gasteiger partial charge in [-0.15, -0.1) is 11.3 Å². The lowest BCUT2D eigenvalue weighted by Crippen LogP contribution is -2.14. The molecule has 0 bridgehead atoms. The van der Waals surface area contributed by atoms with Gasteiger partial charge in [0.05, 0.1) is 22.8 Å². The number of pyridine rings is 2. The Kier molecular flexibility index (Phi) is 9.26. The van der Waals surface area contributed by atoms with Crippen molar-refractivity contribution in [3.05, 3.63) is 231 Å². The van der Waals surface area contributed by atoms with Crippen LogP contribution in [-0.2, 0) is 0 Å². The highest BCUT2D eigenvalue weighted by molar-refractivity contribution is 7.25. The summed E-state index contributed by atoms with van der Waals surface area (Å²) in [5.74, 6) is 2.06. The number of hydrogen-bond acceptors (Lipinski definition) is 5. The number of anilines is 6. The van der Waals surface area contributed by atoms with E-state index in [1.165, 1.54) is 20.2 Å². The number of benzene rings is 6. The number of para-hydroxylation sites is 2. The fraction of sp³-hybridized carbons (Fsp3) is 0. The molecular formula is C54H38N6S. The first-order valence-electron chi connectivity index (χ1n) is 20.3. The van der Waals surface area contributed by atoms with Crippen LogP contribution in [0.15, 0.2) is 231 Å². The molecule has 7 heteroatoms. The van der Waals surface area contributed by atoms with Crippen LogP contribution in [0.4, 0.5) is 34.4 Å². The Labute approximate surface area is 358 Å². The number of fused-ring (bicyclic) bond motifs is 3. The van der Waals surface area contributed by atoms with E-state index in [0.29, 0.717) is 0 Å². The van der Waals surface area contributed by atoms with Crippen molar-refractivity contribution < 1.29 is 0 Å². The van der Waals surface area contributed by atoms with Crippen LogP contribution >= 0.6 is 11.3 Å². The van der Waals surface area contributed by atoms with E-state index in [9.17, 15) is 0 Å². The number of thiophene rings is 1. The quantitative estimate of drug-likeness (QED) is 0.138. The van der Waals surface area contributed by atoms with Gasteiger partial charge in [-0.25, -0.2) is 0 Å². The predicted octanol–water partition coefficient (Wildman–Crippen LogP) is 14.7. The highest BCUT2D eigenvalue weighted by Crippen LogP contribution is 2.46. The molecule has 0 atom stereocenters. The second kappa shape index (κ2) is 15.6. The molecule has 0 N–H and O–H groups in total. The summed E-state index contributed by atoms with van der Waals surface area (Å²) < 4.78 is 7.11. The summed E-state index contributed by atoms with van der Waals surface area (Å²) in [6.07, 6.45) is 7.45. The van der Waals surface area contributed by atoms with Crippen molar-refractivity contribution in [1.29, 1.82) is 0 Å². The van der Waals surface area contributed by atoms with Crippen molar-refractivity contribution in [2.45, 2.75) is 0 Å².